The summed E-state index contributed by atoms with van der Waals surface area (Å²) in [4.78, 5) is 21.5. The zero-order chi connectivity index (χ0) is 18.8. The van der Waals surface area contributed by atoms with Gasteiger partial charge in [-0.05, 0) is 31.2 Å². The highest BCUT2D eigenvalue weighted by atomic mass is 16.1. The Morgan fingerprint density at radius 3 is 2.74 bits per heavy atom. The number of nitrogens with zero attached hydrogens (tertiary/aromatic N) is 5. The number of hydrogen-bond acceptors (Lipinski definition) is 5. The highest BCUT2D eigenvalue weighted by Crippen LogP contribution is 2.25. The molecule has 0 aliphatic heterocycles. The Morgan fingerprint density at radius 1 is 1.15 bits per heavy atom. The maximum Gasteiger partial charge on any atom is 0.274 e. The molecule has 0 aliphatic carbocycles. The van der Waals surface area contributed by atoms with Gasteiger partial charge in [-0.2, -0.15) is 10.2 Å². The van der Waals surface area contributed by atoms with Crippen molar-refractivity contribution in [2.75, 3.05) is 5.32 Å². The van der Waals surface area contributed by atoms with Crippen LogP contribution in [0.1, 0.15) is 16.2 Å². The van der Waals surface area contributed by atoms with Crippen LogP contribution in [0.2, 0.25) is 0 Å². The summed E-state index contributed by atoms with van der Waals surface area (Å²) in [7, 11) is 1.79. The molecule has 27 heavy (non-hydrogen) atoms. The van der Waals surface area contributed by atoms with Gasteiger partial charge in [0.15, 0.2) is 0 Å². The molecule has 0 aliphatic rings. The van der Waals surface area contributed by atoms with E-state index in [0.717, 1.165) is 11.3 Å². The van der Waals surface area contributed by atoms with Crippen molar-refractivity contribution in [1.82, 2.24) is 29.9 Å². The van der Waals surface area contributed by atoms with Crippen LogP contribution in [-0.4, -0.2) is 35.9 Å². The van der Waals surface area contributed by atoms with Crippen molar-refractivity contribution in [2.45, 2.75) is 6.92 Å². The van der Waals surface area contributed by atoms with Crippen molar-refractivity contribution >= 4 is 11.6 Å². The first-order valence-electron chi connectivity index (χ1n) is 8.36. The quantitative estimate of drug-likeness (QED) is 0.583. The van der Waals surface area contributed by atoms with Crippen LogP contribution in [0.15, 0.2) is 55.0 Å². The lowest BCUT2D eigenvalue weighted by molar-refractivity contribution is 0.102. The number of carbonyl (C=O) groups is 1. The molecule has 4 aromatic heterocycles. The van der Waals surface area contributed by atoms with Crippen molar-refractivity contribution in [3.05, 3.63) is 66.4 Å². The predicted octanol–water partition coefficient (Wildman–Crippen LogP) is 2.83. The molecule has 0 spiro atoms. The van der Waals surface area contributed by atoms with Crippen molar-refractivity contribution in [1.29, 1.82) is 0 Å². The number of rotatable bonds is 4. The molecule has 4 aromatic rings. The van der Waals surface area contributed by atoms with Crippen molar-refractivity contribution in [2.24, 2.45) is 7.05 Å². The average molecular weight is 359 g/mol. The van der Waals surface area contributed by atoms with E-state index in [1.807, 2.05) is 31.2 Å². The number of pyridine rings is 2. The zero-order valence-corrected chi connectivity index (χ0v) is 14.8. The van der Waals surface area contributed by atoms with Crippen LogP contribution in [-0.2, 0) is 7.05 Å². The van der Waals surface area contributed by atoms with Crippen LogP contribution >= 0.6 is 0 Å². The standard InChI is InChI=1S/C19H17N7O/c1-12-13(10-21-24-12)14-7-5-8-16(22-14)19(27)23-17-11-26(2)25-18(17)15-6-3-4-9-20-15/h3-11H,1-2H3,(H,21,24)(H,23,27). The van der Waals surface area contributed by atoms with Gasteiger partial charge < -0.3 is 5.32 Å². The summed E-state index contributed by atoms with van der Waals surface area (Å²) in [6.45, 7) is 1.88. The Morgan fingerprint density at radius 2 is 2.00 bits per heavy atom. The van der Waals surface area contributed by atoms with Gasteiger partial charge in [0.1, 0.15) is 11.4 Å². The van der Waals surface area contributed by atoms with Crippen LogP contribution in [0.3, 0.4) is 0 Å². The van der Waals surface area contributed by atoms with E-state index in [2.05, 4.69) is 30.6 Å². The molecule has 8 heteroatoms. The fourth-order valence-electron chi connectivity index (χ4n) is 2.79. The Bertz CT molecular complexity index is 1100. The Labute approximate surface area is 155 Å². The highest BCUT2D eigenvalue weighted by molar-refractivity contribution is 6.04. The molecular weight excluding hydrogens is 342 g/mol. The molecule has 8 nitrogen and oxygen atoms in total. The molecule has 4 rings (SSSR count). The lowest BCUT2D eigenvalue weighted by Crippen LogP contribution is -2.14. The van der Waals surface area contributed by atoms with Crippen LogP contribution in [0.4, 0.5) is 5.69 Å². The van der Waals surface area contributed by atoms with E-state index in [4.69, 9.17) is 0 Å². The second-order valence-electron chi connectivity index (χ2n) is 6.03. The molecule has 0 saturated heterocycles. The smallest absolute Gasteiger partial charge is 0.274 e. The minimum atomic E-state index is -0.317. The minimum Gasteiger partial charge on any atom is -0.317 e. The summed E-state index contributed by atoms with van der Waals surface area (Å²) in [5.41, 5.74) is 4.55. The van der Waals surface area contributed by atoms with Crippen LogP contribution in [0.25, 0.3) is 22.6 Å². The molecule has 0 radical (unpaired) electrons. The topological polar surface area (TPSA) is 101 Å². The summed E-state index contributed by atoms with van der Waals surface area (Å²) in [6, 6.07) is 10.9. The largest absolute Gasteiger partial charge is 0.317 e. The number of amides is 1. The summed E-state index contributed by atoms with van der Waals surface area (Å²) in [5.74, 6) is -0.317. The van der Waals surface area contributed by atoms with E-state index in [-0.39, 0.29) is 5.91 Å². The van der Waals surface area contributed by atoms with Crippen molar-refractivity contribution in [3.63, 3.8) is 0 Å². The summed E-state index contributed by atoms with van der Waals surface area (Å²) < 4.78 is 1.64. The minimum absolute atomic E-state index is 0.309. The van der Waals surface area contributed by atoms with Crippen LogP contribution in [0.5, 0.6) is 0 Å². The highest BCUT2D eigenvalue weighted by Gasteiger charge is 2.16. The summed E-state index contributed by atoms with van der Waals surface area (Å²) in [6.07, 6.45) is 5.19. The van der Waals surface area contributed by atoms with E-state index in [1.54, 1.807) is 42.5 Å². The number of aromatic nitrogens is 6. The molecule has 0 fully saturated rings. The fourth-order valence-corrected chi connectivity index (χ4v) is 2.79. The third-order valence-electron chi connectivity index (χ3n) is 4.07. The second-order valence-corrected chi connectivity index (χ2v) is 6.03. The van der Waals surface area contributed by atoms with E-state index in [0.29, 0.717) is 28.5 Å². The van der Waals surface area contributed by atoms with E-state index in [1.165, 1.54) is 0 Å². The van der Waals surface area contributed by atoms with E-state index >= 15 is 0 Å². The molecule has 0 bridgehead atoms. The molecule has 134 valence electrons. The lowest BCUT2D eigenvalue weighted by Gasteiger charge is -2.06. The molecule has 0 saturated carbocycles. The van der Waals surface area contributed by atoms with Gasteiger partial charge in [0.2, 0.25) is 0 Å². The Hall–Kier alpha value is -3.81. The monoisotopic (exact) mass is 359 g/mol. The van der Waals surface area contributed by atoms with E-state index in [9.17, 15) is 4.79 Å². The normalized spacial score (nSPS) is 10.7. The molecule has 0 unspecified atom stereocenters. The van der Waals surface area contributed by atoms with Gasteiger partial charge in [-0.25, -0.2) is 4.98 Å². The average Bonchev–Trinajstić information content (AvgIpc) is 3.28. The van der Waals surface area contributed by atoms with Gasteiger partial charge in [-0.3, -0.25) is 19.6 Å². The number of H-pyrrole nitrogens is 1. The third kappa shape index (κ3) is 3.32. The van der Waals surface area contributed by atoms with Gasteiger partial charge in [0, 0.05) is 31.2 Å². The number of nitrogens with one attached hydrogen (secondary N) is 2. The molecule has 2 N–H and O–H groups in total. The number of aromatic amines is 1. The Kier molecular flexibility index (Phi) is 4.21. The first-order chi connectivity index (χ1) is 13.1. The molecule has 0 aromatic carbocycles. The molecular formula is C19H17N7O. The number of anilines is 1. The lowest BCUT2D eigenvalue weighted by atomic mass is 10.1. The third-order valence-corrected chi connectivity index (χ3v) is 4.07. The zero-order valence-electron chi connectivity index (χ0n) is 14.8. The number of hydrogen-bond donors (Lipinski definition) is 2. The molecule has 1 amide bonds. The van der Waals surface area contributed by atoms with Gasteiger partial charge in [-0.15, -0.1) is 0 Å². The molecule has 0 atom stereocenters. The van der Waals surface area contributed by atoms with E-state index < -0.39 is 0 Å². The first-order valence-corrected chi connectivity index (χ1v) is 8.36. The predicted molar refractivity (Wildman–Crippen MR) is 101 cm³/mol. The van der Waals surface area contributed by atoms with Gasteiger partial charge in [0.25, 0.3) is 5.91 Å². The van der Waals surface area contributed by atoms with Crippen LogP contribution in [0, 0.1) is 6.92 Å². The second kappa shape index (κ2) is 6.83. The molecule has 4 heterocycles. The van der Waals surface area contributed by atoms with Gasteiger partial charge >= 0.3 is 0 Å². The fraction of sp³-hybridized carbons (Fsp3) is 0.105. The number of aryl methyl sites for hydroxylation is 2. The maximum atomic E-state index is 12.8. The maximum absolute atomic E-state index is 12.8. The van der Waals surface area contributed by atoms with Gasteiger partial charge in [0.05, 0.1) is 22.8 Å². The van der Waals surface area contributed by atoms with Crippen molar-refractivity contribution < 1.29 is 4.79 Å². The Balaban J connectivity index is 1.63. The number of carbonyl (C=O) groups excluding carboxylic acids is 1. The summed E-state index contributed by atoms with van der Waals surface area (Å²) in [5, 5.41) is 14.2. The van der Waals surface area contributed by atoms with Gasteiger partial charge in [-0.1, -0.05) is 12.1 Å². The van der Waals surface area contributed by atoms with Crippen molar-refractivity contribution in [3.8, 4) is 22.6 Å². The SMILES string of the molecule is Cc1n[nH]cc1-c1cccc(C(=O)Nc2cn(C)nc2-c2ccccn2)n1. The van der Waals surface area contributed by atoms with Crippen LogP contribution < -0.4 is 5.32 Å². The first kappa shape index (κ1) is 16.6. The summed E-state index contributed by atoms with van der Waals surface area (Å²) >= 11 is 0.